The van der Waals surface area contributed by atoms with Crippen molar-refractivity contribution in [3.05, 3.63) is 53.0 Å². The van der Waals surface area contributed by atoms with Gasteiger partial charge in [-0.2, -0.15) is 5.10 Å². The second kappa shape index (κ2) is 7.13. The van der Waals surface area contributed by atoms with Gasteiger partial charge in [-0.3, -0.25) is 9.40 Å². The van der Waals surface area contributed by atoms with Gasteiger partial charge in [0.1, 0.15) is 10.6 Å². The first-order chi connectivity index (χ1) is 12.9. The van der Waals surface area contributed by atoms with E-state index in [1.165, 1.54) is 24.2 Å². The molecule has 142 valence electrons. The number of aromatic nitrogens is 2. The molecule has 7 heteroatoms. The normalized spacial score (nSPS) is 15.3. The van der Waals surface area contributed by atoms with Crippen molar-refractivity contribution in [1.82, 2.24) is 9.78 Å². The van der Waals surface area contributed by atoms with Gasteiger partial charge in [0.25, 0.3) is 10.0 Å². The summed E-state index contributed by atoms with van der Waals surface area (Å²) in [6, 6.07) is 9.83. The number of sulfonamides is 1. The third-order valence-corrected chi connectivity index (χ3v) is 7.17. The van der Waals surface area contributed by atoms with Crippen LogP contribution in [0.1, 0.15) is 42.9 Å². The Morgan fingerprint density at radius 1 is 1.15 bits per heavy atom. The molecule has 0 unspecified atom stereocenters. The van der Waals surface area contributed by atoms with Crippen molar-refractivity contribution < 1.29 is 8.42 Å². The summed E-state index contributed by atoms with van der Waals surface area (Å²) >= 11 is 1.51. The van der Waals surface area contributed by atoms with E-state index in [0.717, 1.165) is 28.8 Å². The Hall–Kier alpha value is -2.12. The van der Waals surface area contributed by atoms with Gasteiger partial charge in [0.2, 0.25) is 0 Å². The van der Waals surface area contributed by atoms with Gasteiger partial charge in [0, 0.05) is 11.9 Å². The minimum atomic E-state index is -3.74. The number of benzene rings is 1. The lowest BCUT2D eigenvalue weighted by molar-refractivity contribution is 0.467. The molecule has 1 aliphatic carbocycles. The Morgan fingerprint density at radius 3 is 2.48 bits per heavy atom. The quantitative estimate of drug-likeness (QED) is 0.643. The lowest BCUT2D eigenvalue weighted by Crippen LogP contribution is -2.13. The van der Waals surface area contributed by atoms with E-state index < -0.39 is 10.0 Å². The zero-order chi connectivity index (χ0) is 19.0. The van der Waals surface area contributed by atoms with Gasteiger partial charge >= 0.3 is 0 Å². The van der Waals surface area contributed by atoms with Gasteiger partial charge in [-0.1, -0.05) is 25.0 Å². The lowest BCUT2D eigenvalue weighted by atomic mass is 10.1. The van der Waals surface area contributed by atoms with Crippen LogP contribution < -0.4 is 4.72 Å². The Kier molecular flexibility index (Phi) is 4.82. The molecule has 1 fully saturated rings. The van der Waals surface area contributed by atoms with Crippen molar-refractivity contribution in [1.29, 1.82) is 0 Å². The predicted octanol–water partition coefficient (Wildman–Crippen LogP) is 5.14. The summed E-state index contributed by atoms with van der Waals surface area (Å²) < 4.78 is 31.0. The molecule has 27 heavy (non-hydrogen) atoms. The van der Waals surface area contributed by atoms with Crippen molar-refractivity contribution in [2.24, 2.45) is 0 Å². The number of aryl methyl sites for hydroxylation is 2. The lowest BCUT2D eigenvalue weighted by Gasteiger charge is -2.10. The second-order valence-corrected chi connectivity index (χ2v) is 9.82. The van der Waals surface area contributed by atoms with E-state index in [4.69, 9.17) is 0 Å². The van der Waals surface area contributed by atoms with Gasteiger partial charge < -0.3 is 0 Å². The number of rotatable bonds is 5. The van der Waals surface area contributed by atoms with Crippen molar-refractivity contribution in [3.63, 3.8) is 0 Å². The number of hydrogen-bond donors (Lipinski definition) is 1. The van der Waals surface area contributed by atoms with E-state index in [2.05, 4.69) is 9.82 Å². The van der Waals surface area contributed by atoms with Crippen molar-refractivity contribution in [2.75, 3.05) is 4.72 Å². The van der Waals surface area contributed by atoms with E-state index in [1.54, 1.807) is 6.20 Å². The molecule has 0 radical (unpaired) electrons. The van der Waals surface area contributed by atoms with E-state index in [0.29, 0.717) is 11.4 Å². The standard InChI is InChI=1S/C20H23N3O2S2/c1-14-10-15(2)12-16(11-14)22-27(24,25)19-13-23(17-6-3-4-7-17)21-20(19)18-8-5-9-26-18/h5,8-13,17,22H,3-4,6-7H2,1-2H3. The molecule has 3 aromatic rings. The molecule has 2 aromatic heterocycles. The number of thiophene rings is 1. The molecule has 0 bridgehead atoms. The van der Waals surface area contributed by atoms with Crippen molar-refractivity contribution in [3.8, 4) is 10.6 Å². The maximum atomic E-state index is 13.2. The van der Waals surface area contributed by atoms with Crippen LogP contribution in [0.15, 0.2) is 46.8 Å². The minimum absolute atomic E-state index is 0.246. The van der Waals surface area contributed by atoms with Gasteiger partial charge in [0.15, 0.2) is 0 Å². The Bertz CT molecular complexity index is 1030. The van der Waals surface area contributed by atoms with Crippen LogP contribution in [0, 0.1) is 13.8 Å². The SMILES string of the molecule is Cc1cc(C)cc(NS(=O)(=O)c2cn(C3CCCC3)nc2-c2cccs2)c1. The summed E-state index contributed by atoms with van der Waals surface area (Å²) in [5.74, 6) is 0. The summed E-state index contributed by atoms with van der Waals surface area (Å²) in [5.41, 5.74) is 3.16. The van der Waals surface area contributed by atoms with E-state index in [-0.39, 0.29) is 10.9 Å². The van der Waals surface area contributed by atoms with E-state index >= 15 is 0 Å². The third-order valence-electron chi connectivity index (χ3n) is 4.92. The van der Waals surface area contributed by atoms with Gasteiger partial charge in [0.05, 0.1) is 10.9 Å². The number of nitrogens with zero attached hydrogens (tertiary/aromatic N) is 2. The van der Waals surface area contributed by atoms with Crippen LogP contribution in [0.5, 0.6) is 0 Å². The highest BCUT2D eigenvalue weighted by atomic mass is 32.2. The van der Waals surface area contributed by atoms with E-state index in [9.17, 15) is 8.42 Å². The average Bonchev–Trinajstić information content (AvgIpc) is 3.33. The fourth-order valence-corrected chi connectivity index (χ4v) is 5.73. The van der Waals surface area contributed by atoms with Gasteiger partial charge in [-0.05, 0) is 61.4 Å². The Morgan fingerprint density at radius 2 is 1.85 bits per heavy atom. The highest BCUT2D eigenvalue weighted by Gasteiger charge is 2.27. The van der Waals surface area contributed by atoms with Crippen LogP contribution in [-0.2, 0) is 10.0 Å². The van der Waals surface area contributed by atoms with Crippen molar-refractivity contribution in [2.45, 2.75) is 50.5 Å². The molecule has 0 atom stereocenters. The zero-order valence-electron chi connectivity index (χ0n) is 15.5. The molecule has 0 aliphatic heterocycles. The summed E-state index contributed by atoms with van der Waals surface area (Å²) in [6.07, 6.45) is 6.14. The van der Waals surface area contributed by atoms with E-state index in [1.807, 2.05) is 54.2 Å². The third kappa shape index (κ3) is 3.80. The summed E-state index contributed by atoms with van der Waals surface area (Å²) in [7, 11) is -3.74. The molecule has 1 N–H and O–H groups in total. The molecule has 2 heterocycles. The fourth-order valence-electron chi connectivity index (χ4n) is 3.76. The number of hydrogen-bond acceptors (Lipinski definition) is 4. The van der Waals surface area contributed by atoms with Crippen LogP contribution in [0.2, 0.25) is 0 Å². The van der Waals surface area contributed by atoms with Crippen LogP contribution in [0.3, 0.4) is 0 Å². The fraction of sp³-hybridized carbons (Fsp3) is 0.350. The van der Waals surface area contributed by atoms with Gasteiger partial charge in [-0.25, -0.2) is 8.42 Å². The average molecular weight is 402 g/mol. The zero-order valence-corrected chi connectivity index (χ0v) is 17.1. The van der Waals surface area contributed by atoms with Gasteiger partial charge in [-0.15, -0.1) is 11.3 Å². The minimum Gasteiger partial charge on any atom is -0.279 e. The molecular formula is C20H23N3O2S2. The summed E-state index contributed by atoms with van der Waals surface area (Å²) in [6.45, 7) is 3.92. The van der Waals surface area contributed by atoms with Crippen LogP contribution in [-0.4, -0.2) is 18.2 Å². The molecule has 1 aromatic carbocycles. The smallest absolute Gasteiger partial charge is 0.265 e. The first-order valence-corrected chi connectivity index (χ1v) is 11.5. The molecule has 4 rings (SSSR count). The number of anilines is 1. The highest BCUT2D eigenvalue weighted by Crippen LogP contribution is 2.35. The van der Waals surface area contributed by atoms with Crippen LogP contribution >= 0.6 is 11.3 Å². The Balaban J connectivity index is 1.76. The maximum Gasteiger partial charge on any atom is 0.265 e. The first-order valence-electron chi connectivity index (χ1n) is 9.16. The highest BCUT2D eigenvalue weighted by molar-refractivity contribution is 7.92. The molecule has 1 saturated carbocycles. The number of nitrogens with one attached hydrogen (secondary N) is 1. The van der Waals surface area contributed by atoms with Crippen LogP contribution in [0.25, 0.3) is 10.6 Å². The molecule has 0 saturated heterocycles. The first kappa shape index (κ1) is 18.3. The monoisotopic (exact) mass is 401 g/mol. The maximum absolute atomic E-state index is 13.2. The molecular weight excluding hydrogens is 378 g/mol. The summed E-state index contributed by atoms with van der Waals surface area (Å²) in [5, 5.41) is 6.63. The Labute approximate surface area is 164 Å². The largest absolute Gasteiger partial charge is 0.279 e. The van der Waals surface area contributed by atoms with Crippen LogP contribution in [0.4, 0.5) is 5.69 Å². The van der Waals surface area contributed by atoms with Crippen molar-refractivity contribution >= 4 is 27.0 Å². The molecule has 1 aliphatic rings. The molecule has 0 spiro atoms. The molecule has 0 amide bonds. The topological polar surface area (TPSA) is 64.0 Å². The second-order valence-electron chi connectivity index (χ2n) is 7.22. The predicted molar refractivity (Wildman–Crippen MR) is 110 cm³/mol. The molecule has 5 nitrogen and oxygen atoms in total. The summed E-state index contributed by atoms with van der Waals surface area (Å²) in [4.78, 5) is 1.11.